The molecule has 3 nitrogen and oxygen atoms in total. The molecule has 112 valence electrons. The van der Waals surface area contributed by atoms with Crippen molar-refractivity contribution in [1.82, 2.24) is 5.32 Å². The Kier molecular flexibility index (Phi) is 5.23. The van der Waals surface area contributed by atoms with E-state index in [2.05, 4.69) is 43.4 Å². The van der Waals surface area contributed by atoms with Crippen molar-refractivity contribution in [2.75, 3.05) is 20.8 Å². The van der Waals surface area contributed by atoms with E-state index in [0.29, 0.717) is 0 Å². The minimum Gasteiger partial charge on any atom is -0.493 e. The van der Waals surface area contributed by atoms with E-state index in [0.717, 1.165) is 30.2 Å². The molecular formula is C18H23NO2. The lowest BCUT2D eigenvalue weighted by molar-refractivity contribution is 0.356. The van der Waals surface area contributed by atoms with E-state index >= 15 is 0 Å². The van der Waals surface area contributed by atoms with Gasteiger partial charge in [-0.05, 0) is 36.2 Å². The van der Waals surface area contributed by atoms with Crippen LogP contribution in [-0.4, -0.2) is 20.8 Å². The second kappa shape index (κ2) is 7.14. The van der Waals surface area contributed by atoms with Crippen LogP contribution in [0.1, 0.15) is 18.1 Å². The summed E-state index contributed by atoms with van der Waals surface area (Å²) in [4.78, 5) is 0. The van der Waals surface area contributed by atoms with E-state index in [4.69, 9.17) is 9.47 Å². The molecule has 0 heterocycles. The molecule has 0 aliphatic heterocycles. The van der Waals surface area contributed by atoms with Gasteiger partial charge in [-0.2, -0.15) is 0 Å². The SMILES string of the molecule is CCNCc1ccc(-c2cccc(OC)c2OC)c(C)c1. The van der Waals surface area contributed by atoms with Gasteiger partial charge in [0.05, 0.1) is 14.2 Å². The smallest absolute Gasteiger partial charge is 0.168 e. The van der Waals surface area contributed by atoms with Crippen LogP contribution in [0.5, 0.6) is 11.5 Å². The molecule has 0 aliphatic rings. The summed E-state index contributed by atoms with van der Waals surface area (Å²) >= 11 is 0. The van der Waals surface area contributed by atoms with Crippen molar-refractivity contribution in [3.8, 4) is 22.6 Å². The van der Waals surface area contributed by atoms with Crippen LogP contribution in [0.4, 0.5) is 0 Å². The van der Waals surface area contributed by atoms with Crippen molar-refractivity contribution in [3.05, 3.63) is 47.5 Å². The van der Waals surface area contributed by atoms with E-state index < -0.39 is 0 Å². The minimum atomic E-state index is 0.756. The van der Waals surface area contributed by atoms with Gasteiger partial charge in [0.15, 0.2) is 11.5 Å². The highest BCUT2D eigenvalue weighted by Crippen LogP contribution is 2.39. The van der Waals surface area contributed by atoms with Crippen molar-refractivity contribution in [2.24, 2.45) is 0 Å². The van der Waals surface area contributed by atoms with E-state index in [9.17, 15) is 0 Å². The summed E-state index contributed by atoms with van der Waals surface area (Å²) in [6.45, 7) is 6.11. The van der Waals surface area contributed by atoms with Gasteiger partial charge in [0.2, 0.25) is 0 Å². The molecule has 1 N–H and O–H groups in total. The Morgan fingerprint density at radius 1 is 1.00 bits per heavy atom. The third-order valence-corrected chi connectivity index (χ3v) is 3.56. The number of hydrogen-bond donors (Lipinski definition) is 1. The maximum absolute atomic E-state index is 5.53. The molecule has 0 saturated heterocycles. The lowest BCUT2D eigenvalue weighted by Gasteiger charge is -2.15. The highest BCUT2D eigenvalue weighted by atomic mass is 16.5. The zero-order valence-corrected chi connectivity index (χ0v) is 13.2. The fraction of sp³-hybridized carbons (Fsp3) is 0.333. The summed E-state index contributed by atoms with van der Waals surface area (Å²) in [5, 5.41) is 3.35. The molecule has 0 amide bonds. The number of benzene rings is 2. The van der Waals surface area contributed by atoms with E-state index in [1.807, 2.05) is 12.1 Å². The minimum absolute atomic E-state index is 0.756. The summed E-state index contributed by atoms with van der Waals surface area (Å²) in [5.41, 5.74) is 4.76. The molecule has 21 heavy (non-hydrogen) atoms. The first-order valence-corrected chi connectivity index (χ1v) is 7.22. The van der Waals surface area contributed by atoms with Gasteiger partial charge in [-0.15, -0.1) is 0 Å². The highest BCUT2D eigenvalue weighted by Gasteiger charge is 2.13. The third kappa shape index (κ3) is 3.37. The van der Waals surface area contributed by atoms with Crippen molar-refractivity contribution < 1.29 is 9.47 Å². The van der Waals surface area contributed by atoms with Gasteiger partial charge >= 0.3 is 0 Å². The Morgan fingerprint density at radius 2 is 1.81 bits per heavy atom. The molecular weight excluding hydrogens is 262 g/mol. The lowest BCUT2D eigenvalue weighted by Crippen LogP contribution is -2.11. The fourth-order valence-electron chi connectivity index (χ4n) is 2.51. The van der Waals surface area contributed by atoms with Crippen LogP contribution in [0.2, 0.25) is 0 Å². The molecule has 0 aliphatic carbocycles. The van der Waals surface area contributed by atoms with E-state index in [1.54, 1.807) is 14.2 Å². The molecule has 0 atom stereocenters. The first kappa shape index (κ1) is 15.4. The quantitative estimate of drug-likeness (QED) is 0.876. The average Bonchev–Trinajstić information content (AvgIpc) is 2.52. The molecule has 3 heteroatoms. The number of methoxy groups -OCH3 is 2. The molecule has 0 bridgehead atoms. The first-order chi connectivity index (χ1) is 10.2. The van der Waals surface area contributed by atoms with E-state index in [-0.39, 0.29) is 0 Å². The van der Waals surface area contributed by atoms with Crippen molar-refractivity contribution >= 4 is 0 Å². The second-order valence-corrected chi connectivity index (χ2v) is 4.97. The predicted molar refractivity (Wildman–Crippen MR) is 87.1 cm³/mol. The van der Waals surface area contributed by atoms with E-state index in [1.165, 1.54) is 16.7 Å². The topological polar surface area (TPSA) is 30.5 Å². The van der Waals surface area contributed by atoms with Gasteiger partial charge in [-0.25, -0.2) is 0 Å². The summed E-state index contributed by atoms with van der Waals surface area (Å²) in [5.74, 6) is 1.54. The third-order valence-electron chi connectivity index (χ3n) is 3.56. The van der Waals surface area contributed by atoms with Crippen molar-refractivity contribution in [2.45, 2.75) is 20.4 Å². The number of para-hydroxylation sites is 1. The summed E-state index contributed by atoms with van der Waals surface area (Å²) in [7, 11) is 3.34. The second-order valence-electron chi connectivity index (χ2n) is 4.97. The van der Waals surface area contributed by atoms with Crippen LogP contribution in [0, 0.1) is 6.92 Å². The first-order valence-electron chi connectivity index (χ1n) is 7.22. The highest BCUT2D eigenvalue weighted by molar-refractivity contribution is 5.76. The Morgan fingerprint density at radius 3 is 2.43 bits per heavy atom. The van der Waals surface area contributed by atoms with Crippen LogP contribution in [0.25, 0.3) is 11.1 Å². The van der Waals surface area contributed by atoms with Gasteiger partial charge in [-0.1, -0.05) is 37.3 Å². The largest absolute Gasteiger partial charge is 0.493 e. The molecule has 0 aromatic heterocycles. The maximum Gasteiger partial charge on any atom is 0.168 e. The Balaban J connectivity index is 2.42. The molecule has 2 aromatic rings. The number of aryl methyl sites for hydroxylation is 1. The summed E-state index contributed by atoms with van der Waals surface area (Å²) in [6.07, 6.45) is 0. The molecule has 0 saturated carbocycles. The van der Waals surface area contributed by atoms with Crippen LogP contribution >= 0.6 is 0 Å². The van der Waals surface area contributed by atoms with Gasteiger partial charge in [0.25, 0.3) is 0 Å². The molecule has 2 aromatic carbocycles. The zero-order chi connectivity index (χ0) is 15.2. The summed E-state index contributed by atoms with van der Waals surface area (Å²) < 4.78 is 10.9. The monoisotopic (exact) mass is 285 g/mol. The van der Waals surface area contributed by atoms with Crippen LogP contribution in [-0.2, 0) is 6.54 Å². The summed E-state index contributed by atoms with van der Waals surface area (Å²) in [6, 6.07) is 12.5. The zero-order valence-electron chi connectivity index (χ0n) is 13.2. The molecule has 0 unspecified atom stereocenters. The predicted octanol–water partition coefficient (Wildman–Crippen LogP) is 3.79. The van der Waals surface area contributed by atoms with Gasteiger partial charge < -0.3 is 14.8 Å². The van der Waals surface area contributed by atoms with Crippen LogP contribution < -0.4 is 14.8 Å². The Bertz CT molecular complexity index is 608. The number of rotatable bonds is 6. The molecule has 0 radical (unpaired) electrons. The van der Waals surface area contributed by atoms with Gasteiger partial charge in [0.1, 0.15) is 0 Å². The molecule has 0 fully saturated rings. The van der Waals surface area contributed by atoms with Gasteiger partial charge in [-0.3, -0.25) is 0 Å². The number of ether oxygens (including phenoxy) is 2. The van der Waals surface area contributed by atoms with Crippen molar-refractivity contribution in [1.29, 1.82) is 0 Å². The number of hydrogen-bond acceptors (Lipinski definition) is 3. The lowest BCUT2D eigenvalue weighted by atomic mass is 9.97. The maximum atomic E-state index is 5.53. The average molecular weight is 285 g/mol. The molecule has 0 spiro atoms. The number of nitrogens with one attached hydrogen (secondary N) is 1. The van der Waals surface area contributed by atoms with Crippen LogP contribution in [0.15, 0.2) is 36.4 Å². The fourth-order valence-corrected chi connectivity index (χ4v) is 2.51. The Hall–Kier alpha value is -2.00. The van der Waals surface area contributed by atoms with Crippen molar-refractivity contribution in [3.63, 3.8) is 0 Å². The standard InChI is InChI=1S/C18H23NO2/c1-5-19-12-14-9-10-15(13(2)11-14)16-7-6-8-17(20-3)18(16)21-4/h6-11,19H,5,12H2,1-4H3. The van der Waals surface area contributed by atoms with Gasteiger partial charge in [0, 0.05) is 12.1 Å². The normalized spacial score (nSPS) is 10.5. The Labute approximate surface area is 126 Å². The molecule has 2 rings (SSSR count). The van der Waals surface area contributed by atoms with Crippen LogP contribution in [0.3, 0.4) is 0 Å².